The molecule has 2 fully saturated rings. The summed E-state index contributed by atoms with van der Waals surface area (Å²) in [5, 5.41) is 4.81. The van der Waals surface area contributed by atoms with Crippen LogP contribution in [0.15, 0.2) is 0 Å². The Bertz CT molecular complexity index is 236. The number of carbonyl (C=O) groups is 2. The van der Waals surface area contributed by atoms with Crippen molar-refractivity contribution in [2.75, 3.05) is 13.2 Å². The molecule has 0 aromatic rings. The zero-order valence-electron chi connectivity index (χ0n) is 7.21. The van der Waals surface area contributed by atoms with Gasteiger partial charge in [0.05, 0.1) is 6.61 Å². The van der Waals surface area contributed by atoms with Gasteiger partial charge in [-0.15, -0.1) is 0 Å². The summed E-state index contributed by atoms with van der Waals surface area (Å²) in [6.45, 7) is 1.33. The SMILES string of the molecule is O=C1NC(=O)C(C2CCCOC2)N1. The monoisotopic (exact) mass is 184 g/mol. The van der Waals surface area contributed by atoms with Gasteiger partial charge in [0.15, 0.2) is 0 Å². The van der Waals surface area contributed by atoms with E-state index in [9.17, 15) is 9.59 Å². The quantitative estimate of drug-likeness (QED) is 0.546. The number of rotatable bonds is 1. The second kappa shape index (κ2) is 3.33. The molecule has 2 N–H and O–H groups in total. The first-order valence-corrected chi connectivity index (χ1v) is 4.46. The molecule has 0 aromatic heterocycles. The maximum atomic E-state index is 11.2. The lowest BCUT2D eigenvalue weighted by molar-refractivity contribution is -0.122. The van der Waals surface area contributed by atoms with Gasteiger partial charge in [-0.25, -0.2) is 4.79 Å². The van der Waals surface area contributed by atoms with Crippen LogP contribution < -0.4 is 10.6 Å². The first-order chi connectivity index (χ1) is 6.27. The van der Waals surface area contributed by atoms with Gasteiger partial charge < -0.3 is 10.1 Å². The third-order valence-corrected chi connectivity index (χ3v) is 2.47. The van der Waals surface area contributed by atoms with Crippen molar-refractivity contribution < 1.29 is 14.3 Å². The number of ether oxygens (including phenoxy) is 1. The highest BCUT2D eigenvalue weighted by Gasteiger charge is 2.36. The fourth-order valence-corrected chi connectivity index (χ4v) is 1.79. The average molecular weight is 184 g/mol. The molecule has 5 nitrogen and oxygen atoms in total. The van der Waals surface area contributed by atoms with Crippen molar-refractivity contribution >= 4 is 11.9 Å². The Balaban J connectivity index is 1.99. The number of nitrogens with one attached hydrogen (secondary N) is 2. The Morgan fingerprint density at radius 3 is 2.77 bits per heavy atom. The van der Waals surface area contributed by atoms with Crippen molar-refractivity contribution in [2.24, 2.45) is 5.92 Å². The van der Waals surface area contributed by atoms with Gasteiger partial charge in [0.25, 0.3) is 5.91 Å². The van der Waals surface area contributed by atoms with Crippen LogP contribution in [0.25, 0.3) is 0 Å². The van der Waals surface area contributed by atoms with Gasteiger partial charge >= 0.3 is 6.03 Å². The molecule has 2 aliphatic heterocycles. The van der Waals surface area contributed by atoms with E-state index in [0.29, 0.717) is 6.61 Å². The molecule has 0 saturated carbocycles. The van der Waals surface area contributed by atoms with Crippen LogP contribution in [0.2, 0.25) is 0 Å². The molecule has 0 aromatic carbocycles. The lowest BCUT2D eigenvalue weighted by atomic mass is 9.94. The van der Waals surface area contributed by atoms with Crippen molar-refractivity contribution in [1.29, 1.82) is 0 Å². The molecule has 0 bridgehead atoms. The second-order valence-electron chi connectivity index (χ2n) is 3.42. The van der Waals surface area contributed by atoms with Crippen LogP contribution in [0, 0.1) is 5.92 Å². The van der Waals surface area contributed by atoms with Gasteiger partial charge in [-0.2, -0.15) is 0 Å². The Labute approximate surface area is 75.8 Å². The summed E-state index contributed by atoms with van der Waals surface area (Å²) in [7, 11) is 0. The van der Waals surface area contributed by atoms with E-state index in [4.69, 9.17) is 4.74 Å². The second-order valence-corrected chi connectivity index (χ2v) is 3.42. The highest BCUT2D eigenvalue weighted by atomic mass is 16.5. The maximum Gasteiger partial charge on any atom is 0.322 e. The molecule has 2 aliphatic rings. The summed E-state index contributed by atoms with van der Waals surface area (Å²) in [5.74, 6) is -0.0827. The number of urea groups is 1. The molecule has 2 unspecified atom stereocenters. The normalized spacial score (nSPS) is 34.2. The van der Waals surface area contributed by atoms with Crippen molar-refractivity contribution in [3.05, 3.63) is 0 Å². The van der Waals surface area contributed by atoms with Crippen LogP contribution in [-0.2, 0) is 9.53 Å². The summed E-state index contributed by atoms with van der Waals surface area (Å²) in [4.78, 5) is 22.1. The molecule has 5 heteroatoms. The Morgan fingerprint density at radius 1 is 1.38 bits per heavy atom. The fraction of sp³-hybridized carbons (Fsp3) is 0.750. The van der Waals surface area contributed by atoms with E-state index < -0.39 is 0 Å². The molecule has 2 atom stereocenters. The predicted molar refractivity (Wildman–Crippen MR) is 44.0 cm³/mol. The molecule has 13 heavy (non-hydrogen) atoms. The minimum absolute atomic E-state index is 0.139. The smallest absolute Gasteiger partial charge is 0.322 e. The minimum atomic E-state index is -0.388. The molecule has 72 valence electrons. The molecule has 2 saturated heterocycles. The summed E-state index contributed by atoms with van der Waals surface area (Å²) in [6.07, 6.45) is 1.91. The van der Waals surface area contributed by atoms with Crippen LogP contribution in [0.4, 0.5) is 4.79 Å². The topological polar surface area (TPSA) is 67.4 Å². The van der Waals surface area contributed by atoms with E-state index in [1.54, 1.807) is 0 Å². The van der Waals surface area contributed by atoms with E-state index in [0.717, 1.165) is 19.4 Å². The summed E-state index contributed by atoms with van der Waals surface area (Å²) >= 11 is 0. The lowest BCUT2D eigenvalue weighted by Crippen LogP contribution is -2.40. The van der Waals surface area contributed by atoms with Gasteiger partial charge in [-0.05, 0) is 12.8 Å². The molecule has 2 rings (SSSR count). The zero-order chi connectivity index (χ0) is 9.26. The molecule has 0 spiro atoms. The molecule has 0 aliphatic carbocycles. The maximum absolute atomic E-state index is 11.2. The Morgan fingerprint density at radius 2 is 2.23 bits per heavy atom. The highest BCUT2D eigenvalue weighted by molar-refractivity contribution is 6.04. The van der Waals surface area contributed by atoms with Crippen LogP contribution in [0.3, 0.4) is 0 Å². The average Bonchev–Trinajstić information content (AvgIpc) is 2.47. The number of carbonyl (C=O) groups excluding carboxylic acids is 2. The van der Waals surface area contributed by atoms with Gasteiger partial charge in [0.2, 0.25) is 0 Å². The number of amides is 3. The van der Waals surface area contributed by atoms with Crippen molar-refractivity contribution in [3.8, 4) is 0 Å². The highest BCUT2D eigenvalue weighted by Crippen LogP contribution is 2.19. The summed E-state index contributed by atoms with van der Waals surface area (Å²) in [5.41, 5.74) is 0. The van der Waals surface area contributed by atoms with Crippen LogP contribution >= 0.6 is 0 Å². The first kappa shape index (κ1) is 8.50. The predicted octanol–water partition coefficient (Wildman–Crippen LogP) is -0.379. The summed E-state index contributed by atoms with van der Waals surface area (Å²) < 4.78 is 5.25. The van der Waals surface area contributed by atoms with Crippen molar-refractivity contribution in [3.63, 3.8) is 0 Å². The summed E-state index contributed by atoms with van der Waals surface area (Å²) in [6, 6.07) is -0.770. The van der Waals surface area contributed by atoms with Gasteiger partial charge in [-0.1, -0.05) is 0 Å². The standard InChI is InChI=1S/C8H12N2O3/c11-7-6(9-8(12)10-7)5-2-1-3-13-4-5/h5-6H,1-4H2,(H2,9,10,11,12). The largest absolute Gasteiger partial charge is 0.381 e. The van der Waals surface area contributed by atoms with E-state index >= 15 is 0 Å². The van der Waals surface area contributed by atoms with Gasteiger partial charge in [-0.3, -0.25) is 10.1 Å². The number of hydrogen-bond acceptors (Lipinski definition) is 3. The third kappa shape index (κ3) is 1.65. The third-order valence-electron chi connectivity index (χ3n) is 2.47. The van der Waals surface area contributed by atoms with Crippen LogP contribution in [0.1, 0.15) is 12.8 Å². The van der Waals surface area contributed by atoms with Gasteiger partial charge in [0, 0.05) is 12.5 Å². The fourth-order valence-electron chi connectivity index (χ4n) is 1.79. The van der Waals surface area contributed by atoms with Gasteiger partial charge in [0.1, 0.15) is 6.04 Å². The Hall–Kier alpha value is -1.10. The molecule has 0 radical (unpaired) electrons. The lowest BCUT2D eigenvalue weighted by Gasteiger charge is -2.25. The zero-order valence-corrected chi connectivity index (χ0v) is 7.21. The number of imide groups is 1. The van der Waals surface area contributed by atoms with Crippen LogP contribution in [0.5, 0.6) is 0 Å². The van der Waals surface area contributed by atoms with E-state index in [1.807, 2.05) is 0 Å². The molecular weight excluding hydrogens is 172 g/mol. The first-order valence-electron chi connectivity index (χ1n) is 4.46. The van der Waals surface area contributed by atoms with Crippen molar-refractivity contribution in [1.82, 2.24) is 10.6 Å². The molecular formula is C8H12N2O3. The van der Waals surface area contributed by atoms with Crippen molar-refractivity contribution in [2.45, 2.75) is 18.9 Å². The van der Waals surface area contributed by atoms with E-state index in [1.165, 1.54) is 0 Å². The minimum Gasteiger partial charge on any atom is -0.381 e. The van der Waals surface area contributed by atoms with Crippen LogP contribution in [-0.4, -0.2) is 31.2 Å². The number of hydrogen-bond donors (Lipinski definition) is 2. The van der Waals surface area contributed by atoms with E-state index in [2.05, 4.69) is 10.6 Å². The molecule has 2 heterocycles. The molecule has 3 amide bonds. The Kier molecular flexibility index (Phi) is 2.18. The van der Waals surface area contributed by atoms with E-state index in [-0.39, 0.29) is 23.9 Å².